The molecule has 0 atom stereocenters. The van der Waals surface area contributed by atoms with Gasteiger partial charge in [-0.1, -0.05) is 34.1 Å². The van der Waals surface area contributed by atoms with E-state index in [0.29, 0.717) is 15.7 Å². The van der Waals surface area contributed by atoms with Crippen molar-refractivity contribution >= 4 is 31.6 Å². The lowest BCUT2D eigenvalue weighted by molar-refractivity contribution is 0.185. The number of ether oxygens (including phenoxy) is 1. The summed E-state index contributed by atoms with van der Waals surface area (Å²) in [7, 11) is -2.49. The zero-order chi connectivity index (χ0) is 15.5. The number of nitrogens with one attached hydrogen (secondary N) is 1. The Hall–Kier alpha value is -1.44. The van der Waals surface area contributed by atoms with E-state index in [-0.39, 0.29) is 6.61 Å². The van der Waals surface area contributed by atoms with Crippen molar-refractivity contribution in [3.63, 3.8) is 0 Å². The molecule has 4 nitrogen and oxygen atoms in total. The van der Waals surface area contributed by atoms with Crippen molar-refractivity contribution in [3.8, 4) is 0 Å². The maximum absolute atomic E-state index is 13.7. The number of hydrogen-bond donors (Lipinski definition) is 1. The maximum Gasteiger partial charge on any atom is 0.264 e. The fraction of sp³-hybridized carbons (Fsp3) is 0.143. The Balaban J connectivity index is 2.42. The summed E-state index contributed by atoms with van der Waals surface area (Å²) in [6.45, 7) is 0.219. The van der Waals surface area contributed by atoms with Crippen LogP contribution in [0, 0.1) is 5.82 Å². The topological polar surface area (TPSA) is 55.4 Å². The van der Waals surface area contributed by atoms with E-state index < -0.39 is 20.7 Å². The zero-order valence-electron chi connectivity index (χ0n) is 11.1. The third kappa shape index (κ3) is 3.61. The van der Waals surface area contributed by atoms with Gasteiger partial charge < -0.3 is 4.74 Å². The highest BCUT2D eigenvalue weighted by molar-refractivity contribution is 9.10. The molecule has 2 aromatic rings. The molecule has 0 fully saturated rings. The lowest BCUT2D eigenvalue weighted by atomic mass is 10.2. The molecule has 21 heavy (non-hydrogen) atoms. The standard InChI is InChI=1S/C14H13BrFNO3S/c1-20-9-10-11(15)5-4-7-13(10)17-21(18,19)14-8-3-2-6-12(14)16/h2-8,17H,9H2,1H3. The average Bonchev–Trinajstić information content (AvgIpc) is 2.43. The molecule has 2 aromatic carbocycles. The largest absolute Gasteiger partial charge is 0.380 e. The van der Waals surface area contributed by atoms with Crippen LogP contribution < -0.4 is 4.72 Å². The number of anilines is 1. The summed E-state index contributed by atoms with van der Waals surface area (Å²) in [5, 5.41) is 0. The average molecular weight is 374 g/mol. The smallest absolute Gasteiger partial charge is 0.264 e. The van der Waals surface area contributed by atoms with Crippen molar-refractivity contribution in [2.45, 2.75) is 11.5 Å². The molecule has 0 aliphatic carbocycles. The Labute approximate surface area is 131 Å². The summed E-state index contributed by atoms with van der Waals surface area (Å²) in [6.07, 6.45) is 0. The van der Waals surface area contributed by atoms with E-state index in [1.807, 2.05) is 0 Å². The van der Waals surface area contributed by atoms with Crippen LogP contribution in [0.25, 0.3) is 0 Å². The molecule has 0 aromatic heterocycles. The van der Waals surface area contributed by atoms with E-state index in [1.54, 1.807) is 18.2 Å². The molecular weight excluding hydrogens is 361 g/mol. The Morgan fingerprint density at radius 1 is 1.19 bits per heavy atom. The fourth-order valence-electron chi connectivity index (χ4n) is 1.81. The first-order chi connectivity index (χ1) is 9.95. The minimum Gasteiger partial charge on any atom is -0.380 e. The van der Waals surface area contributed by atoms with E-state index in [1.165, 1.54) is 25.3 Å². The van der Waals surface area contributed by atoms with Crippen molar-refractivity contribution in [2.24, 2.45) is 0 Å². The Morgan fingerprint density at radius 3 is 2.57 bits per heavy atom. The molecule has 7 heteroatoms. The summed E-state index contributed by atoms with van der Waals surface area (Å²) < 4.78 is 46.4. The molecule has 0 spiro atoms. The zero-order valence-corrected chi connectivity index (χ0v) is 13.5. The van der Waals surface area contributed by atoms with Gasteiger partial charge in [0.2, 0.25) is 0 Å². The van der Waals surface area contributed by atoms with Gasteiger partial charge in [0, 0.05) is 17.1 Å². The summed E-state index contributed by atoms with van der Waals surface area (Å²) in [5.74, 6) is -0.798. The fourth-order valence-corrected chi connectivity index (χ4v) is 3.46. The first-order valence-electron chi connectivity index (χ1n) is 5.99. The highest BCUT2D eigenvalue weighted by Gasteiger charge is 2.20. The molecule has 1 N–H and O–H groups in total. The number of hydrogen-bond acceptors (Lipinski definition) is 3. The molecule has 0 bridgehead atoms. The van der Waals surface area contributed by atoms with Crippen LogP contribution in [0.4, 0.5) is 10.1 Å². The van der Waals surface area contributed by atoms with E-state index in [4.69, 9.17) is 4.74 Å². The summed E-state index contributed by atoms with van der Waals surface area (Å²) in [6, 6.07) is 10.3. The molecule has 2 rings (SSSR count). The van der Waals surface area contributed by atoms with Crippen LogP contribution in [0.5, 0.6) is 0 Å². The summed E-state index contributed by atoms with van der Waals surface area (Å²) >= 11 is 3.34. The highest BCUT2D eigenvalue weighted by Crippen LogP contribution is 2.28. The van der Waals surface area contributed by atoms with Crippen molar-refractivity contribution < 1.29 is 17.5 Å². The predicted molar refractivity (Wildman–Crippen MR) is 82.1 cm³/mol. The van der Waals surface area contributed by atoms with Crippen molar-refractivity contribution in [1.82, 2.24) is 0 Å². The van der Waals surface area contributed by atoms with Gasteiger partial charge in [-0.2, -0.15) is 0 Å². The molecule has 0 unspecified atom stereocenters. The SMILES string of the molecule is COCc1c(Br)cccc1NS(=O)(=O)c1ccccc1F. The van der Waals surface area contributed by atoms with E-state index in [9.17, 15) is 12.8 Å². The quantitative estimate of drug-likeness (QED) is 0.871. The highest BCUT2D eigenvalue weighted by atomic mass is 79.9. The number of rotatable bonds is 5. The molecule has 0 heterocycles. The van der Waals surface area contributed by atoms with E-state index >= 15 is 0 Å². The van der Waals surface area contributed by atoms with Crippen LogP contribution in [0.15, 0.2) is 51.8 Å². The molecular formula is C14H13BrFNO3S. The Morgan fingerprint density at radius 2 is 1.90 bits per heavy atom. The lowest BCUT2D eigenvalue weighted by Crippen LogP contribution is -2.16. The number of benzene rings is 2. The van der Waals surface area contributed by atoms with Crippen molar-refractivity contribution in [2.75, 3.05) is 11.8 Å². The van der Waals surface area contributed by atoms with Crippen molar-refractivity contribution in [1.29, 1.82) is 0 Å². The molecule has 0 saturated carbocycles. The van der Waals surface area contributed by atoms with E-state index in [0.717, 1.165) is 6.07 Å². The van der Waals surface area contributed by atoms with Crippen LogP contribution >= 0.6 is 15.9 Å². The van der Waals surface area contributed by atoms with Gasteiger partial charge >= 0.3 is 0 Å². The maximum atomic E-state index is 13.7. The molecule has 0 amide bonds. The molecule has 0 radical (unpaired) electrons. The first kappa shape index (κ1) is 15.9. The van der Waals surface area contributed by atoms with E-state index in [2.05, 4.69) is 20.7 Å². The predicted octanol–water partition coefficient (Wildman–Crippen LogP) is 3.54. The van der Waals surface area contributed by atoms with Crippen LogP contribution in [0.3, 0.4) is 0 Å². The van der Waals surface area contributed by atoms with Gasteiger partial charge in [-0.3, -0.25) is 4.72 Å². The lowest BCUT2D eigenvalue weighted by Gasteiger charge is -2.14. The first-order valence-corrected chi connectivity index (χ1v) is 8.27. The number of methoxy groups -OCH3 is 1. The van der Waals surface area contributed by atoms with Gasteiger partial charge in [-0.15, -0.1) is 0 Å². The third-order valence-corrected chi connectivity index (χ3v) is 4.92. The second-order valence-electron chi connectivity index (χ2n) is 4.23. The van der Waals surface area contributed by atoms with Crippen LogP contribution in [-0.4, -0.2) is 15.5 Å². The minimum atomic E-state index is -4.00. The Kier molecular flexibility index (Phi) is 4.97. The summed E-state index contributed by atoms with van der Waals surface area (Å²) in [5.41, 5.74) is 0.981. The number of sulfonamides is 1. The normalized spacial score (nSPS) is 11.4. The van der Waals surface area contributed by atoms with Gasteiger partial charge in [-0.05, 0) is 24.3 Å². The van der Waals surface area contributed by atoms with Gasteiger partial charge in [-0.25, -0.2) is 12.8 Å². The van der Waals surface area contributed by atoms with Crippen molar-refractivity contribution in [3.05, 3.63) is 58.3 Å². The molecule has 0 saturated heterocycles. The summed E-state index contributed by atoms with van der Waals surface area (Å²) in [4.78, 5) is -0.395. The molecule has 0 aliphatic heterocycles. The second-order valence-corrected chi connectivity index (χ2v) is 6.74. The molecule has 0 aliphatic rings. The van der Waals surface area contributed by atoms with Gasteiger partial charge in [0.1, 0.15) is 10.7 Å². The number of halogens is 2. The third-order valence-electron chi connectivity index (χ3n) is 2.78. The second kappa shape index (κ2) is 6.55. The monoisotopic (exact) mass is 373 g/mol. The van der Waals surface area contributed by atoms with Gasteiger partial charge in [0.05, 0.1) is 12.3 Å². The van der Waals surface area contributed by atoms with Gasteiger partial charge in [0.15, 0.2) is 0 Å². The van der Waals surface area contributed by atoms with Gasteiger partial charge in [0.25, 0.3) is 10.0 Å². The molecule has 112 valence electrons. The Bertz CT molecular complexity index is 750. The van der Waals surface area contributed by atoms with Crippen LogP contribution in [0.1, 0.15) is 5.56 Å². The van der Waals surface area contributed by atoms with Crippen LogP contribution in [-0.2, 0) is 21.4 Å². The van der Waals surface area contributed by atoms with Crippen LogP contribution in [0.2, 0.25) is 0 Å². The minimum absolute atomic E-state index is 0.219.